The lowest BCUT2D eigenvalue weighted by molar-refractivity contribution is 1.12. The molecule has 2 heteroatoms. The topological polar surface area (TPSA) is 0 Å². The molecule has 0 bridgehead atoms. The Kier molecular flexibility index (Phi) is 4.63. The molecule has 2 rings (SSSR count). The number of halogens is 2. The van der Waals surface area contributed by atoms with E-state index < -0.39 is 0 Å². The molecule has 0 aliphatic carbocycles. The van der Waals surface area contributed by atoms with Gasteiger partial charge in [-0.3, -0.25) is 0 Å². The van der Waals surface area contributed by atoms with Crippen LogP contribution in [0.4, 0.5) is 0 Å². The molecule has 94 valence electrons. The maximum Gasteiger partial charge on any atom is 0.0367 e. The van der Waals surface area contributed by atoms with Crippen LogP contribution in [0.25, 0.3) is 11.1 Å². The second kappa shape index (κ2) is 6.03. The highest BCUT2D eigenvalue weighted by Crippen LogP contribution is 2.28. The van der Waals surface area contributed by atoms with E-state index in [1.54, 1.807) is 0 Å². The molecule has 0 nitrogen and oxygen atoms in total. The zero-order valence-electron chi connectivity index (χ0n) is 10.5. The van der Waals surface area contributed by atoms with Gasteiger partial charge in [0.05, 0.1) is 0 Å². The molecule has 2 aromatic rings. The van der Waals surface area contributed by atoms with Crippen molar-refractivity contribution in [2.45, 2.75) is 23.5 Å². The third-order valence-corrected chi connectivity index (χ3v) is 4.13. The minimum absolute atomic E-state index is 0.406. The normalized spacial score (nSPS) is 14.2. The molecule has 0 amide bonds. The van der Waals surface area contributed by atoms with Gasteiger partial charge in [-0.05, 0) is 36.1 Å². The van der Waals surface area contributed by atoms with Crippen molar-refractivity contribution in [2.24, 2.45) is 0 Å². The van der Waals surface area contributed by atoms with Crippen LogP contribution in [0.1, 0.15) is 34.6 Å². The second-order valence-electron chi connectivity index (χ2n) is 4.48. The number of hydrogen-bond donors (Lipinski definition) is 0. The minimum atomic E-state index is 0.406. The van der Waals surface area contributed by atoms with Gasteiger partial charge in [0.15, 0.2) is 0 Å². The lowest BCUT2D eigenvalue weighted by atomic mass is 10.0. The Labute approximate surface area is 126 Å². The van der Waals surface area contributed by atoms with Gasteiger partial charge in [-0.25, -0.2) is 0 Å². The summed E-state index contributed by atoms with van der Waals surface area (Å²) in [7, 11) is 0. The standard InChI is InChI=1S/C16H16Br2/c1-11(17)13-3-7-15(8-4-13)16-9-5-14(6-10-16)12(2)18/h3-12H,1-2H3. The van der Waals surface area contributed by atoms with Crippen LogP contribution in [-0.2, 0) is 0 Å². The van der Waals surface area contributed by atoms with Gasteiger partial charge >= 0.3 is 0 Å². The fourth-order valence-electron chi connectivity index (χ4n) is 1.88. The molecule has 0 heterocycles. The summed E-state index contributed by atoms with van der Waals surface area (Å²) >= 11 is 7.17. The molecular weight excluding hydrogens is 352 g/mol. The Morgan fingerprint density at radius 1 is 0.611 bits per heavy atom. The molecule has 0 radical (unpaired) electrons. The van der Waals surface area contributed by atoms with Gasteiger partial charge in [0.2, 0.25) is 0 Å². The van der Waals surface area contributed by atoms with Gasteiger partial charge in [-0.15, -0.1) is 0 Å². The molecule has 0 saturated carbocycles. The lowest BCUT2D eigenvalue weighted by Crippen LogP contribution is -1.86. The molecule has 2 unspecified atom stereocenters. The maximum absolute atomic E-state index is 3.58. The molecule has 2 aromatic carbocycles. The van der Waals surface area contributed by atoms with E-state index in [1.165, 1.54) is 22.3 Å². The summed E-state index contributed by atoms with van der Waals surface area (Å²) in [5, 5.41) is 0. The Morgan fingerprint density at radius 3 is 1.11 bits per heavy atom. The summed E-state index contributed by atoms with van der Waals surface area (Å²) in [6, 6.07) is 17.4. The first-order valence-electron chi connectivity index (χ1n) is 6.06. The summed E-state index contributed by atoms with van der Waals surface area (Å²) in [6.07, 6.45) is 0. The van der Waals surface area contributed by atoms with E-state index in [-0.39, 0.29) is 0 Å². The van der Waals surface area contributed by atoms with Crippen molar-refractivity contribution >= 4 is 31.9 Å². The highest BCUT2D eigenvalue weighted by atomic mass is 79.9. The zero-order valence-corrected chi connectivity index (χ0v) is 13.7. The molecule has 0 N–H and O–H groups in total. The van der Waals surface area contributed by atoms with Crippen molar-refractivity contribution in [2.75, 3.05) is 0 Å². The van der Waals surface area contributed by atoms with E-state index >= 15 is 0 Å². The summed E-state index contributed by atoms with van der Waals surface area (Å²) in [4.78, 5) is 0.811. The van der Waals surface area contributed by atoms with Gasteiger partial charge in [-0.1, -0.05) is 80.4 Å². The van der Waals surface area contributed by atoms with Crippen LogP contribution in [-0.4, -0.2) is 0 Å². The van der Waals surface area contributed by atoms with Crippen molar-refractivity contribution in [1.82, 2.24) is 0 Å². The first-order chi connectivity index (χ1) is 8.58. The summed E-state index contributed by atoms with van der Waals surface area (Å²) in [5.41, 5.74) is 5.15. The third-order valence-electron chi connectivity index (χ3n) is 3.07. The van der Waals surface area contributed by atoms with E-state index in [1.807, 2.05) is 0 Å². The maximum atomic E-state index is 3.58. The fraction of sp³-hybridized carbons (Fsp3) is 0.250. The van der Waals surface area contributed by atoms with Crippen LogP contribution in [0.2, 0.25) is 0 Å². The molecule has 0 fully saturated rings. The highest BCUT2D eigenvalue weighted by molar-refractivity contribution is 9.09. The first kappa shape index (κ1) is 13.8. The third kappa shape index (κ3) is 3.24. The predicted octanol–water partition coefficient (Wildman–Crippen LogP) is 6.27. The Bertz CT molecular complexity index is 446. The molecule has 0 aliphatic rings. The lowest BCUT2D eigenvalue weighted by Gasteiger charge is -2.08. The summed E-state index contributed by atoms with van der Waals surface area (Å²) in [6.45, 7) is 4.28. The molecule has 0 aliphatic heterocycles. The van der Waals surface area contributed by atoms with E-state index in [0.29, 0.717) is 9.65 Å². The number of alkyl halides is 2. The van der Waals surface area contributed by atoms with E-state index in [0.717, 1.165) is 0 Å². The van der Waals surface area contributed by atoms with Crippen molar-refractivity contribution < 1.29 is 0 Å². The number of rotatable bonds is 3. The molecule has 0 saturated heterocycles. The minimum Gasteiger partial charge on any atom is -0.0842 e. The van der Waals surface area contributed by atoms with Crippen LogP contribution >= 0.6 is 31.9 Å². The highest BCUT2D eigenvalue weighted by Gasteiger charge is 2.03. The van der Waals surface area contributed by atoms with Gasteiger partial charge < -0.3 is 0 Å². The van der Waals surface area contributed by atoms with Gasteiger partial charge in [0, 0.05) is 9.65 Å². The SMILES string of the molecule is CC(Br)c1ccc(-c2ccc(C(C)Br)cc2)cc1. The smallest absolute Gasteiger partial charge is 0.0367 e. The van der Waals surface area contributed by atoms with Crippen LogP contribution in [0.5, 0.6) is 0 Å². The monoisotopic (exact) mass is 366 g/mol. The van der Waals surface area contributed by atoms with Gasteiger partial charge in [0.25, 0.3) is 0 Å². The molecular formula is C16H16Br2. The average Bonchev–Trinajstić information content (AvgIpc) is 2.39. The molecule has 2 atom stereocenters. The Morgan fingerprint density at radius 2 is 0.889 bits per heavy atom. The summed E-state index contributed by atoms with van der Waals surface area (Å²) < 4.78 is 0. The van der Waals surface area contributed by atoms with Crippen LogP contribution in [0.15, 0.2) is 48.5 Å². The molecule has 0 spiro atoms. The zero-order chi connectivity index (χ0) is 13.1. The average molecular weight is 368 g/mol. The van der Waals surface area contributed by atoms with Crippen molar-refractivity contribution in [3.63, 3.8) is 0 Å². The van der Waals surface area contributed by atoms with Crippen LogP contribution < -0.4 is 0 Å². The van der Waals surface area contributed by atoms with E-state index in [2.05, 4.69) is 94.2 Å². The van der Waals surface area contributed by atoms with Crippen molar-refractivity contribution in [3.05, 3.63) is 59.7 Å². The van der Waals surface area contributed by atoms with Gasteiger partial charge in [0.1, 0.15) is 0 Å². The first-order valence-corrected chi connectivity index (χ1v) is 7.89. The number of benzene rings is 2. The summed E-state index contributed by atoms with van der Waals surface area (Å²) in [5.74, 6) is 0. The second-order valence-corrected chi connectivity index (χ2v) is 7.22. The van der Waals surface area contributed by atoms with Crippen molar-refractivity contribution in [1.29, 1.82) is 0 Å². The predicted molar refractivity (Wildman–Crippen MR) is 86.6 cm³/mol. The molecule has 0 aromatic heterocycles. The number of hydrogen-bond acceptors (Lipinski definition) is 0. The van der Waals surface area contributed by atoms with E-state index in [4.69, 9.17) is 0 Å². The Hall–Kier alpha value is -0.600. The Balaban J connectivity index is 2.25. The van der Waals surface area contributed by atoms with E-state index in [9.17, 15) is 0 Å². The molecule has 18 heavy (non-hydrogen) atoms. The largest absolute Gasteiger partial charge is 0.0842 e. The quantitative estimate of drug-likeness (QED) is 0.561. The van der Waals surface area contributed by atoms with Crippen LogP contribution in [0, 0.1) is 0 Å². The van der Waals surface area contributed by atoms with Gasteiger partial charge in [-0.2, -0.15) is 0 Å². The van der Waals surface area contributed by atoms with Crippen LogP contribution in [0.3, 0.4) is 0 Å². The fourth-order valence-corrected chi connectivity index (χ4v) is 2.49. The van der Waals surface area contributed by atoms with Crippen molar-refractivity contribution in [3.8, 4) is 11.1 Å².